The number of benzene rings is 3. The van der Waals surface area contributed by atoms with E-state index in [1.165, 1.54) is 36.4 Å². The molecular formula is C51H65Cl2F8N5O8S2. The van der Waals surface area contributed by atoms with Crippen LogP contribution in [0.3, 0.4) is 0 Å². The van der Waals surface area contributed by atoms with Crippen molar-refractivity contribution in [1.29, 1.82) is 0 Å². The fourth-order valence-corrected chi connectivity index (χ4v) is 12.6. The summed E-state index contributed by atoms with van der Waals surface area (Å²) in [6.45, 7) is 8.49. The number of hydrogen-bond donors (Lipinski definition) is 0. The fourth-order valence-electron chi connectivity index (χ4n) is 10.4. The van der Waals surface area contributed by atoms with Gasteiger partial charge in [-0.15, -0.1) is 0 Å². The molecule has 4 aliphatic rings. The van der Waals surface area contributed by atoms with E-state index in [1.54, 1.807) is 44.4 Å². The van der Waals surface area contributed by atoms with Crippen LogP contribution in [0.25, 0.3) is 0 Å². The predicted octanol–water partition coefficient (Wildman–Crippen LogP) is 10.9. The number of anilines is 2. The first-order chi connectivity index (χ1) is 35.1. The molecule has 2 atom stereocenters. The lowest BCUT2D eigenvalue weighted by molar-refractivity contribution is -0.136. The summed E-state index contributed by atoms with van der Waals surface area (Å²) in [6.07, 6.45) is -5.25. The Labute approximate surface area is 449 Å². The maximum absolute atomic E-state index is 15.0. The lowest BCUT2D eigenvalue weighted by Crippen LogP contribution is -2.44. The van der Waals surface area contributed by atoms with Gasteiger partial charge in [-0.05, 0) is 143 Å². The Morgan fingerprint density at radius 1 is 0.671 bits per heavy atom. The van der Waals surface area contributed by atoms with E-state index in [0.29, 0.717) is 112 Å². The Hall–Kier alpha value is -4.16. The van der Waals surface area contributed by atoms with E-state index >= 15 is 4.39 Å². The molecule has 0 aromatic heterocycles. The van der Waals surface area contributed by atoms with Crippen LogP contribution in [-0.4, -0.2) is 146 Å². The zero-order valence-corrected chi connectivity index (χ0v) is 46.5. The molecule has 2 amide bonds. The van der Waals surface area contributed by atoms with Crippen molar-refractivity contribution in [2.45, 2.75) is 115 Å². The van der Waals surface area contributed by atoms with E-state index in [1.807, 2.05) is 0 Å². The minimum absolute atomic E-state index is 0.0301. The average molecular weight is 1160 g/mol. The summed E-state index contributed by atoms with van der Waals surface area (Å²) >= 11 is 12.6. The first-order valence-corrected chi connectivity index (χ1v) is 29.3. The standard InChI is InChI=1S/C31H37ClF5N3O4S.C20H28ClF3N2O4S/c1-19-13-29(40(45(2,42)43)18-31(35,36)37)24(15-27(19)32)20-5-9-38(10-6-20)30(41)26-17-39(22-7-11-44-12-8-22)16-25(26)23-4-3-21(33)14-28(23)34;1-13-10-17(26(31(5,28)29)12-20(22,23)24)15(11-16(13)21)14-6-8-25(9-7-14)18(27)30-19(2,3)4/h3-4,13-15,20,22,25-26H,5-12,16-18H2,1-2H3;10-11,14H,6-9,12H2,1-5H3/t25-,26+;/m0./s1. The Kier molecular flexibility index (Phi) is 19.3. The van der Waals surface area contributed by atoms with Crippen LogP contribution in [0.15, 0.2) is 42.5 Å². The molecule has 4 aliphatic heterocycles. The fraction of sp³-hybridized carbons (Fsp3) is 0.608. The molecule has 3 aromatic carbocycles. The van der Waals surface area contributed by atoms with Crippen LogP contribution in [-0.2, 0) is 34.3 Å². The van der Waals surface area contributed by atoms with Gasteiger partial charge in [0.25, 0.3) is 0 Å². The van der Waals surface area contributed by atoms with E-state index in [2.05, 4.69) is 4.90 Å². The first-order valence-electron chi connectivity index (χ1n) is 24.8. The van der Waals surface area contributed by atoms with Crippen molar-refractivity contribution in [1.82, 2.24) is 14.7 Å². The summed E-state index contributed by atoms with van der Waals surface area (Å²) in [7, 11) is -8.49. The maximum Gasteiger partial charge on any atom is 0.410 e. The molecule has 0 N–H and O–H groups in total. The molecule has 25 heteroatoms. The van der Waals surface area contributed by atoms with Gasteiger partial charge in [0.05, 0.1) is 29.8 Å². The summed E-state index contributed by atoms with van der Waals surface area (Å²) in [5, 5.41) is 0.643. The first kappa shape index (κ1) is 61.1. The highest BCUT2D eigenvalue weighted by atomic mass is 35.5. The average Bonchev–Trinajstić information content (AvgIpc) is 3.75. The van der Waals surface area contributed by atoms with Crippen LogP contribution < -0.4 is 8.61 Å². The van der Waals surface area contributed by atoms with Crippen molar-refractivity contribution in [2.24, 2.45) is 5.92 Å². The molecule has 7 rings (SSSR count). The quantitative estimate of drug-likeness (QED) is 0.172. The molecule has 0 saturated carbocycles. The number of piperidine rings is 2. The number of carbonyl (C=O) groups is 2. The topological polar surface area (TPSA) is 137 Å². The number of carbonyl (C=O) groups excluding carboxylic acids is 2. The normalized spacial score (nSPS) is 20.1. The van der Waals surface area contributed by atoms with Crippen LogP contribution in [0, 0.1) is 31.4 Å². The zero-order valence-electron chi connectivity index (χ0n) is 43.3. The Balaban J connectivity index is 0.000000265. The second kappa shape index (κ2) is 24.1. The predicted molar refractivity (Wildman–Crippen MR) is 275 cm³/mol. The third kappa shape index (κ3) is 16.0. The highest BCUT2D eigenvalue weighted by Gasteiger charge is 2.45. The number of aryl methyl sites for hydroxylation is 2. The van der Waals surface area contributed by atoms with Gasteiger partial charge in [0.1, 0.15) is 30.3 Å². The second-order valence-corrected chi connectivity index (χ2v) is 25.7. The van der Waals surface area contributed by atoms with Gasteiger partial charge in [-0.2, -0.15) is 26.3 Å². The molecule has 0 spiro atoms. The number of nitrogens with zero attached hydrogens (tertiary/aromatic N) is 5. The van der Waals surface area contributed by atoms with Gasteiger partial charge in [0.2, 0.25) is 26.0 Å². The van der Waals surface area contributed by atoms with E-state index in [9.17, 15) is 57.2 Å². The van der Waals surface area contributed by atoms with Crippen LogP contribution in [0.4, 0.5) is 51.3 Å². The Morgan fingerprint density at radius 2 is 1.12 bits per heavy atom. The van der Waals surface area contributed by atoms with Gasteiger partial charge < -0.3 is 19.3 Å². The second-order valence-electron chi connectivity index (χ2n) is 21.1. The molecule has 13 nitrogen and oxygen atoms in total. The van der Waals surface area contributed by atoms with Crippen molar-refractivity contribution in [3.63, 3.8) is 0 Å². The van der Waals surface area contributed by atoms with Gasteiger partial charge in [0.15, 0.2) is 0 Å². The number of halogens is 10. The molecule has 3 aromatic rings. The van der Waals surface area contributed by atoms with E-state index in [-0.39, 0.29) is 48.2 Å². The number of ether oxygens (including phenoxy) is 2. The van der Waals surface area contributed by atoms with Crippen LogP contribution in [0.5, 0.6) is 0 Å². The summed E-state index contributed by atoms with van der Waals surface area (Å²) in [5.74, 6) is -3.21. The number of likely N-dealkylation sites (tertiary alicyclic amines) is 3. The van der Waals surface area contributed by atoms with Crippen molar-refractivity contribution in [2.75, 3.05) is 86.7 Å². The summed E-state index contributed by atoms with van der Waals surface area (Å²) in [6, 6.07) is 9.44. The number of amides is 2. The van der Waals surface area contributed by atoms with Crippen LogP contribution >= 0.6 is 23.2 Å². The number of sulfonamides is 2. The summed E-state index contributed by atoms with van der Waals surface area (Å²) < 4.78 is 170. The molecule has 4 fully saturated rings. The van der Waals surface area contributed by atoms with Gasteiger partial charge in [-0.1, -0.05) is 29.3 Å². The molecule has 4 heterocycles. The number of alkyl halides is 6. The van der Waals surface area contributed by atoms with Crippen molar-refractivity contribution in [3.05, 3.63) is 92.0 Å². The number of hydrogen-bond acceptors (Lipinski definition) is 9. The van der Waals surface area contributed by atoms with Crippen LogP contribution in [0.2, 0.25) is 10.0 Å². The molecule has 0 unspecified atom stereocenters. The van der Waals surface area contributed by atoms with Gasteiger partial charge >= 0.3 is 18.4 Å². The Morgan fingerprint density at radius 3 is 1.53 bits per heavy atom. The molecule has 0 bridgehead atoms. The van der Waals surface area contributed by atoms with E-state index in [4.69, 9.17) is 32.7 Å². The van der Waals surface area contributed by atoms with E-state index in [0.717, 1.165) is 31.4 Å². The SMILES string of the molecule is Cc1cc(N(CC(F)(F)F)S(C)(=O)=O)c(C2CCN(C(=O)OC(C)(C)C)CC2)cc1Cl.Cc1cc(N(CC(F)(F)F)S(C)(=O)=O)c(C2CCN(C(=O)[C@@H]3CN(C4CCOCC4)C[C@H]3c3ccc(F)cc3F)CC2)cc1Cl. The largest absolute Gasteiger partial charge is 0.444 e. The molecule has 0 radical (unpaired) electrons. The summed E-state index contributed by atoms with van der Waals surface area (Å²) in [4.78, 5) is 31.8. The minimum Gasteiger partial charge on any atom is -0.444 e. The van der Waals surface area contributed by atoms with Gasteiger partial charge in [0, 0.05) is 80.6 Å². The van der Waals surface area contributed by atoms with Crippen molar-refractivity contribution >= 4 is 66.6 Å². The molecule has 0 aliphatic carbocycles. The van der Waals surface area contributed by atoms with Gasteiger partial charge in [-0.3, -0.25) is 18.3 Å². The van der Waals surface area contributed by atoms with Crippen LogP contribution in [0.1, 0.15) is 105 Å². The van der Waals surface area contributed by atoms with Crippen molar-refractivity contribution < 1.29 is 71.0 Å². The smallest absolute Gasteiger partial charge is 0.410 e. The minimum atomic E-state index is -4.77. The van der Waals surface area contributed by atoms with Gasteiger partial charge in [-0.25, -0.2) is 30.4 Å². The third-order valence-electron chi connectivity index (χ3n) is 14.2. The highest BCUT2D eigenvalue weighted by molar-refractivity contribution is 7.92. The van der Waals surface area contributed by atoms with E-state index < -0.39 is 80.7 Å². The molecular weight excluding hydrogens is 1100 g/mol. The number of rotatable bonds is 11. The summed E-state index contributed by atoms with van der Waals surface area (Å²) in [5.41, 5.74) is 1.27. The monoisotopic (exact) mass is 1160 g/mol. The maximum atomic E-state index is 15.0. The lowest BCUT2D eigenvalue weighted by atomic mass is 9.85. The molecule has 4 saturated heterocycles. The highest BCUT2D eigenvalue weighted by Crippen LogP contribution is 2.44. The lowest BCUT2D eigenvalue weighted by Gasteiger charge is -2.37. The molecule has 424 valence electrons. The third-order valence-corrected chi connectivity index (χ3v) is 17.2. The van der Waals surface area contributed by atoms with Crippen molar-refractivity contribution in [3.8, 4) is 0 Å². The molecule has 76 heavy (non-hydrogen) atoms. The zero-order chi connectivity index (χ0) is 56.5. The Bertz CT molecular complexity index is 2800.